The Morgan fingerprint density at radius 3 is 2.50 bits per heavy atom. The maximum atomic E-state index is 6.05. The van der Waals surface area contributed by atoms with Gasteiger partial charge in [0.25, 0.3) is 0 Å². The zero-order valence-electron chi connectivity index (χ0n) is 15.2. The molecule has 0 atom stereocenters. The van der Waals surface area contributed by atoms with E-state index in [1.807, 2.05) is 36.0 Å². The lowest BCUT2D eigenvalue weighted by molar-refractivity contribution is 0.354. The van der Waals surface area contributed by atoms with Crippen molar-refractivity contribution in [3.8, 4) is 11.5 Å². The lowest BCUT2D eigenvalue weighted by Crippen LogP contribution is -2.37. The van der Waals surface area contributed by atoms with Crippen LogP contribution in [0.15, 0.2) is 58.4 Å². The number of ether oxygens (including phenoxy) is 2. The Balaban J connectivity index is 1.53. The van der Waals surface area contributed by atoms with Crippen LogP contribution in [0.25, 0.3) is 0 Å². The number of nitrogens with zero attached hydrogens (tertiary/aromatic N) is 1. The van der Waals surface area contributed by atoms with Gasteiger partial charge in [-0.05, 0) is 42.7 Å². The summed E-state index contributed by atoms with van der Waals surface area (Å²) in [5.41, 5.74) is 7.07. The maximum Gasteiger partial charge on any atom is 0.188 e. The number of nitrogens with two attached hydrogens (primary N) is 1. The molecule has 0 aliphatic heterocycles. The van der Waals surface area contributed by atoms with Crippen molar-refractivity contribution in [1.82, 2.24) is 5.32 Å². The van der Waals surface area contributed by atoms with Crippen LogP contribution < -0.4 is 20.5 Å². The van der Waals surface area contributed by atoms with Crippen molar-refractivity contribution in [1.29, 1.82) is 0 Å². The lowest BCUT2D eigenvalue weighted by atomic mass is 10.2. The minimum atomic E-state index is 0.241. The summed E-state index contributed by atoms with van der Waals surface area (Å²) in [5, 5.41) is 3.28. The Bertz CT molecular complexity index is 761. The van der Waals surface area contributed by atoms with Crippen LogP contribution >= 0.6 is 11.8 Å². The van der Waals surface area contributed by atoms with Gasteiger partial charge in [0, 0.05) is 16.2 Å². The lowest BCUT2D eigenvalue weighted by Gasteiger charge is -2.16. The van der Waals surface area contributed by atoms with Gasteiger partial charge in [-0.15, -0.1) is 11.8 Å². The standard InChI is InChI=1S/C20H25N3O2S/c1-24-17-9-8-15(12-18(17)25-2)13-22-19(21)23-14-20(10-11-20)26-16-6-4-3-5-7-16/h3-9,12H,10-11,13-14H2,1-2H3,(H3,21,22,23). The quantitative estimate of drug-likeness (QED) is 0.550. The summed E-state index contributed by atoms with van der Waals surface area (Å²) in [6, 6.07) is 16.3. The summed E-state index contributed by atoms with van der Waals surface area (Å²) >= 11 is 1.92. The van der Waals surface area contributed by atoms with E-state index in [1.54, 1.807) is 14.2 Å². The molecule has 0 heterocycles. The van der Waals surface area contributed by atoms with Gasteiger partial charge in [0.1, 0.15) is 0 Å². The molecule has 6 heteroatoms. The summed E-state index contributed by atoms with van der Waals surface area (Å²) in [6.45, 7) is 1.33. The first-order chi connectivity index (χ1) is 12.6. The van der Waals surface area contributed by atoms with E-state index in [-0.39, 0.29) is 4.75 Å². The summed E-state index contributed by atoms with van der Waals surface area (Å²) in [6.07, 6.45) is 2.39. The van der Waals surface area contributed by atoms with Crippen molar-refractivity contribution in [3.63, 3.8) is 0 Å². The minimum absolute atomic E-state index is 0.241. The molecule has 0 amide bonds. The molecule has 1 saturated carbocycles. The largest absolute Gasteiger partial charge is 0.493 e. The Hall–Kier alpha value is -2.34. The molecule has 0 aromatic heterocycles. The summed E-state index contributed by atoms with van der Waals surface area (Å²) in [4.78, 5) is 5.74. The highest BCUT2D eigenvalue weighted by Crippen LogP contribution is 2.51. The molecule has 1 aliphatic carbocycles. The molecule has 0 unspecified atom stereocenters. The normalized spacial score (nSPS) is 15.4. The highest BCUT2D eigenvalue weighted by molar-refractivity contribution is 8.01. The molecule has 0 radical (unpaired) electrons. The van der Waals surface area contributed by atoms with Gasteiger partial charge in [-0.3, -0.25) is 0 Å². The fourth-order valence-electron chi connectivity index (χ4n) is 2.66. The smallest absolute Gasteiger partial charge is 0.188 e. The topological polar surface area (TPSA) is 68.9 Å². The van der Waals surface area contributed by atoms with Gasteiger partial charge in [-0.2, -0.15) is 0 Å². The number of nitrogens with one attached hydrogen (secondary N) is 1. The van der Waals surface area contributed by atoms with Crippen molar-refractivity contribution >= 4 is 17.7 Å². The zero-order chi connectivity index (χ0) is 18.4. The molecule has 138 valence electrons. The first-order valence-corrected chi connectivity index (χ1v) is 9.44. The number of methoxy groups -OCH3 is 2. The number of aliphatic imine (C=N–C) groups is 1. The van der Waals surface area contributed by atoms with E-state index in [9.17, 15) is 0 Å². The molecular formula is C20H25N3O2S. The van der Waals surface area contributed by atoms with Gasteiger partial charge in [0.15, 0.2) is 17.5 Å². The molecule has 5 nitrogen and oxygen atoms in total. The van der Waals surface area contributed by atoms with Crippen molar-refractivity contribution in [2.45, 2.75) is 29.0 Å². The summed E-state index contributed by atoms with van der Waals surface area (Å²) in [7, 11) is 3.25. The van der Waals surface area contributed by atoms with Crippen molar-refractivity contribution in [2.75, 3.05) is 20.8 Å². The van der Waals surface area contributed by atoms with Gasteiger partial charge in [-0.1, -0.05) is 24.3 Å². The van der Waals surface area contributed by atoms with Crippen LogP contribution in [0.3, 0.4) is 0 Å². The molecule has 0 saturated heterocycles. The first-order valence-electron chi connectivity index (χ1n) is 8.63. The molecule has 3 N–H and O–H groups in total. The number of hydrogen-bond donors (Lipinski definition) is 2. The molecule has 0 spiro atoms. The van der Waals surface area contributed by atoms with E-state index in [0.29, 0.717) is 24.0 Å². The van der Waals surface area contributed by atoms with Gasteiger partial charge in [0.2, 0.25) is 0 Å². The molecule has 0 bridgehead atoms. The van der Waals surface area contributed by atoms with Crippen molar-refractivity contribution < 1.29 is 9.47 Å². The molecule has 2 aromatic carbocycles. The molecular weight excluding hydrogens is 346 g/mol. The van der Waals surface area contributed by atoms with Gasteiger partial charge >= 0.3 is 0 Å². The Morgan fingerprint density at radius 1 is 1.12 bits per heavy atom. The van der Waals surface area contributed by atoms with E-state index in [2.05, 4.69) is 34.6 Å². The van der Waals surface area contributed by atoms with E-state index in [0.717, 1.165) is 12.1 Å². The number of guanidine groups is 1. The van der Waals surface area contributed by atoms with Gasteiger partial charge in [0.05, 0.1) is 20.8 Å². The van der Waals surface area contributed by atoms with Crippen molar-refractivity contribution in [3.05, 3.63) is 54.1 Å². The fourth-order valence-corrected chi connectivity index (χ4v) is 3.90. The van der Waals surface area contributed by atoms with Crippen LogP contribution in [0.4, 0.5) is 0 Å². The maximum absolute atomic E-state index is 6.05. The molecule has 2 aromatic rings. The predicted molar refractivity (Wildman–Crippen MR) is 107 cm³/mol. The molecule has 3 rings (SSSR count). The SMILES string of the molecule is COc1ccc(CN=C(N)NCC2(Sc3ccccc3)CC2)cc1OC. The van der Waals surface area contributed by atoms with Crippen LogP contribution in [-0.4, -0.2) is 31.5 Å². The van der Waals surface area contributed by atoms with E-state index in [4.69, 9.17) is 15.2 Å². The van der Waals surface area contributed by atoms with Gasteiger partial charge < -0.3 is 20.5 Å². The van der Waals surface area contributed by atoms with Crippen LogP contribution in [0.1, 0.15) is 18.4 Å². The highest BCUT2D eigenvalue weighted by Gasteiger charge is 2.43. The zero-order valence-corrected chi connectivity index (χ0v) is 16.0. The first kappa shape index (κ1) is 18.5. The fraction of sp³-hybridized carbons (Fsp3) is 0.350. The average molecular weight is 372 g/mol. The summed E-state index contributed by atoms with van der Waals surface area (Å²) < 4.78 is 10.8. The number of thioether (sulfide) groups is 1. The second-order valence-corrected chi connectivity index (χ2v) is 7.88. The predicted octanol–water partition coefficient (Wildman–Crippen LogP) is 3.43. The monoisotopic (exact) mass is 371 g/mol. The third-order valence-corrected chi connectivity index (χ3v) is 5.85. The van der Waals surface area contributed by atoms with Crippen LogP contribution in [0.5, 0.6) is 11.5 Å². The molecule has 26 heavy (non-hydrogen) atoms. The van der Waals surface area contributed by atoms with Crippen LogP contribution in [0.2, 0.25) is 0 Å². The third-order valence-electron chi connectivity index (χ3n) is 4.36. The van der Waals surface area contributed by atoms with Gasteiger partial charge in [-0.25, -0.2) is 4.99 Å². The Kier molecular flexibility index (Phi) is 5.93. The number of rotatable bonds is 8. The second kappa shape index (κ2) is 8.36. The van der Waals surface area contributed by atoms with E-state index in [1.165, 1.54) is 17.7 Å². The molecule has 1 fully saturated rings. The minimum Gasteiger partial charge on any atom is -0.493 e. The highest BCUT2D eigenvalue weighted by atomic mass is 32.2. The van der Waals surface area contributed by atoms with E-state index >= 15 is 0 Å². The Labute approximate surface area is 159 Å². The molecule has 1 aliphatic rings. The number of benzene rings is 2. The summed E-state index contributed by atoms with van der Waals surface area (Å²) in [5.74, 6) is 1.88. The van der Waals surface area contributed by atoms with Crippen molar-refractivity contribution in [2.24, 2.45) is 10.7 Å². The van der Waals surface area contributed by atoms with Crippen LogP contribution in [0, 0.1) is 0 Å². The number of hydrogen-bond acceptors (Lipinski definition) is 4. The third kappa shape index (κ3) is 4.85. The van der Waals surface area contributed by atoms with Crippen LogP contribution in [-0.2, 0) is 6.54 Å². The average Bonchev–Trinajstić information content (AvgIpc) is 3.45. The second-order valence-electron chi connectivity index (χ2n) is 6.34. The Morgan fingerprint density at radius 2 is 1.85 bits per heavy atom. The van der Waals surface area contributed by atoms with E-state index < -0.39 is 0 Å².